The van der Waals surface area contributed by atoms with E-state index in [-0.39, 0.29) is 5.54 Å². The summed E-state index contributed by atoms with van der Waals surface area (Å²) in [7, 11) is 1.98. The maximum absolute atomic E-state index is 4.43. The second-order valence-corrected chi connectivity index (χ2v) is 6.42. The summed E-state index contributed by atoms with van der Waals surface area (Å²) in [5.74, 6) is 1.07. The Hall–Kier alpha value is -0.940. The average molecular weight is 293 g/mol. The lowest BCUT2D eigenvalue weighted by molar-refractivity contribution is 0.0828. The minimum absolute atomic E-state index is 0.192. The van der Waals surface area contributed by atoms with Crippen LogP contribution in [-0.4, -0.2) is 50.9 Å². The summed E-state index contributed by atoms with van der Waals surface area (Å²) in [5.41, 5.74) is 0.192. The minimum Gasteiger partial charge on any atom is -0.312 e. The van der Waals surface area contributed by atoms with Crippen LogP contribution in [0.3, 0.4) is 0 Å². The Labute approximate surface area is 129 Å². The minimum atomic E-state index is 0.192. The predicted octanol–water partition coefficient (Wildman–Crippen LogP) is 1.99. The highest BCUT2D eigenvalue weighted by Gasteiger charge is 2.39. The van der Waals surface area contributed by atoms with E-state index in [9.17, 15) is 0 Å². The molecule has 2 heterocycles. The number of aromatic nitrogens is 3. The van der Waals surface area contributed by atoms with Crippen LogP contribution in [0.1, 0.15) is 52.3 Å². The van der Waals surface area contributed by atoms with E-state index in [1.807, 2.05) is 11.7 Å². The molecule has 0 amide bonds. The smallest absolute Gasteiger partial charge is 0.138 e. The first-order valence-corrected chi connectivity index (χ1v) is 8.43. The van der Waals surface area contributed by atoms with E-state index in [1.54, 1.807) is 6.33 Å². The van der Waals surface area contributed by atoms with Crippen molar-refractivity contribution >= 4 is 0 Å². The molecule has 1 aromatic heterocycles. The zero-order valence-electron chi connectivity index (χ0n) is 14.1. The number of aryl methyl sites for hydroxylation is 1. The van der Waals surface area contributed by atoms with Crippen molar-refractivity contribution in [2.45, 2.75) is 64.5 Å². The first kappa shape index (κ1) is 16.4. The number of nitrogens with one attached hydrogen (secondary N) is 1. The van der Waals surface area contributed by atoms with Gasteiger partial charge in [-0.3, -0.25) is 9.58 Å². The molecular formula is C16H31N5. The quantitative estimate of drug-likeness (QED) is 0.796. The molecule has 5 heteroatoms. The normalized spacial score (nSPS) is 20.6. The van der Waals surface area contributed by atoms with E-state index >= 15 is 0 Å². The van der Waals surface area contributed by atoms with Gasteiger partial charge in [0.15, 0.2) is 0 Å². The van der Waals surface area contributed by atoms with E-state index in [4.69, 9.17) is 0 Å². The molecule has 0 radical (unpaired) electrons. The van der Waals surface area contributed by atoms with Crippen LogP contribution >= 0.6 is 0 Å². The molecule has 0 spiro atoms. The molecule has 2 rings (SSSR count). The molecule has 0 bridgehead atoms. The van der Waals surface area contributed by atoms with Crippen LogP contribution in [0.15, 0.2) is 6.33 Å². The van der Waals surface area contributed by atoms with Gasteiger partial charge in [-0.1, -0.05) is 13.8 Å². The van der Waals surface area contributed by atoms with Crippen LogP contribution < -0.4 is 5.32 Å². The molecular weight excluding hydrogens is 262 g/mol. The van der Waals surface area contributed by atoms with Gasteiger partial charge >= 0.3 is 0 Å². The largest absolute Gasteiger partial charge is 0.312 e. The third kappa shape index (κ3) is 3.64. The summed E-state index contributed by atoms with van der Waals surface area (Å²) in [6.45, 7) is 10.5. The Kier molecular flexibility index (Phi) is 5.76. The molecule has 1 saturated heterocycles. The molecule has 0 aromatic carbocycles. The Morgan fingerprint density at radius 2 is 2.05 bits per heavy atom. The number of hydrogen-bond donors (Lipinski definition) is 1. The first-order valence-electron chi connectivity index (χ1n) is 8.43. The van der Waals surface area contributed by atoms with E-state index in [0.29, 0.717) is 6.04 Å². The van der Waals surface area contributed by atoms with Crippen molar-refractivity contribution in [1.29, 1.82) is 0 Å². The van der Waals surface area contributed by atoms with Gasteiger partial charge in [-0.15, -0.1) is 0 Å². The fraction of sp³-hybridized carbons (Fsp3) is 0.875. The molecule has 0 saturated carbocycles. The van der Waals surface area contributed by atoms with Gasteiger partial charge in [0.1, 0.15) is 12.2 Å². The molecule has 120 valence electrons. The van der Waals surface area contributed by atoms with E-state index in [2.05, 4.69) is 41.1 Å². The van der Waals surface area contributed by atoms with Crippen LogP contribution in [-0.2, 0) is 13.5 Å². The second-order valence-electron chi connectivity index (χ2n) is 6.42. The van der Waals surface area contributed by atoms with Crippen LogP contribution in [0.25, 0.3) is 0 Å². The fourth-order valence-electron chi connectivity index (χ4n) is 3.44. The van der Waals surface area contributed by atoms with Gasteiger partial charge in [0.05, 0.1) is 0 Å². The number of hydrogen-bond acceptors (Lipinski definition) is 4. The standard InChI is InChI=1S/C16H31N5/c1-5-9-17-14(12-15-18-13-19-20(15)4)16(3,6-2)21-10-7-8-11-21/h13-14,17H,5-12H2,1-4H3. The highest BCUT2D eigenvalue weighted by atomic mass is 15.3. The molecule has 1 aromatic rings. The molecule has 1 fully saturated rings. The fourth-order valence-corrected chi connectivity index (χ4v) is 3.44. The van der Waals surface area contributed by atoms with Gasteiger partial charge in [-0.05, 0) is 52.2 Å². The van der Waals surface area contributed by atoms with E-state index < -0.39 is 0 Å². The summed E-state index contributed by atoms with van der Waals surface area (Å²) < 4.78 is 1.90. The van der Waals surface area contributed by atoms with Crippen LogP contribution in [0.2, 0.25) is 0 Å². The highest BCUT2D eigenvalue weighted by Crippen LogP contribution is 2.29. The number of likely N-dealkylation sites (tertiary alicyclic amines) is 1. The van der Waals surface area contributed by atoms with Gasteiger partial charge in [-0.2, -0.15) is 5.10 Å². The summed E-state index contributed by atoms with van der Waals surface area (Å²) in [4.78, 5) is 7.11. The molecule has 1 N–H and O–H groups in total. The second kappa shape index (κ2) is 7.36. The Morgan fingerprint density at radius 3 is 2.57 bits per heavy atom. The molecule has 2 atom stereocenters. The first-order chi connectivity index (χ1) is 10.1. The maximum Gasteiger partial charge on any atom is 0.138 e. The van der Waals surface area contributed by atoms with Crippen molar-refractivity contribution < 1.29 is 0 Å². The third-order valence-electron chi connectivity index (χ3n) is 5.13. The molecule has 2 unspecified atom stereocenters. The van der Waals surface area contributed by atoms with Crippen LogP contribution in [0, 0.1) is 0 Å². The van der Waals surface area contributed by atoms with Crippen molar-refractivity contribution in [3.8, 4) is 0 Å². The SMILES string of the molecule is CCCNC(Cc1ncnn1C)C(C)(CC)N1CCCC1. The summed E-state index contributed by atoms with van der Waals surface area (Å²) in [5, 5.41) is 8.00. The molecule has 0 aliphatic carbocycles. The van der Waals surface area contributed by atoms with Gasteiger partial charge in [0, 0.05) is 25.0 Å². The van der Waals surface area contributed by atoms with E-state index in [0.717, 1.165) is 31.6 Å². The van der Waals surface area contributed by atoms with Crippen LogP contribution in [0.5, 0.6) is 0 Å². The zero-order valence-corrected chi connectivity index (χ0v) is 14.1. The molecule has 21 heavy (non-hydrogen) atoms. The van der Waals surface area contributed by atoms with Gasteiger partial charge in [0.25, 0.3) is 0 Å². The molecule has 5 nitrogen and oxygen atoms in total. The monoisotopic (exact) mass is 293 g/mol. The zero-order chi connectivity index (χ0) is 15.3. The van der Waals surface area contributed by atoms with Gasteiger partial charge < -0.3 is 5.32 Å². The van der Waals surface area contributed by atoms with Gasteiger partial charge in [-0.25, -0.2) is 4.98 Å². The molecule has 1 aliphatic heterocycles. The number of rotatable bonds is 8. The summed E-state index contributed by atoms with van der Waals surface area (Å²) in [6.07, 6.45) is 7.59. The van der Waals surface area contributed by atoms with Crippen molar-refractivity contribution in [3.63, 3.8) is 0 Å². The average Bonchev–Trinajstić information content (AvgIpc) is 3.15. The Morgan fingerprint density at radius 1 is 1.33 bits per heavy atom. The van der Waals surface area contributed by atoms with Gasteiger partial charge in [0.2, 0.25) is 0 Å². The topological polar surface area (TPSA) is 46.0 Å². The van der Waals surface area contributed by atoms with Crippen molar-refractivity contribution in [2.24, 2.45) is 7.05 Å². The molecule has 1 aliphatic rings. The lowest BCUT2D eigenvalue weighted by Crippen LogP contribution is -2.59. The van der Waals surface area contributed by atoms with Crippen molar-refractivity contribution in [2.75, 3.05) is 19.6 Å². The van der Waals surface area contributed by atoms with Crippen LogP contribution in [0.4, 0.5) is 0 Å². The predicted molar refractivity (Wildman–Crippen MR) is 86.3 cm³/mol. The highest BCUT2D eigenvalue weighted by molar-refractivity contribution is 5.03. The summed E-state index contributed by atoms with van der Waals surface area (Å²) >= 11 is 0. The number of nitrogens with zero attached hydrogens (tertiary/aromatic N) is 4. The van der Waals surface area contributed by atoms with Crippen molar-refractivity contribution in [3.05, 3.63) is 12.2 Å². The lowest BCUT2D eigenvalue weighted by atomic mass is 9.85. The summed E-state index contributed by atoms with van der Waals surface area (Å²) in [6, 6.07) is 0.420. The van der Waals surface area contributed by atoms with Crippen molar-refractivity contribution in [1.82, 2.24) is 25.0 Å². The maximum atomic E-state index is 4.43. The van der Waals surface area contributed by atoms with E-state index in [1.165, 1.54) is 25.9 Å². The lowest BCUT2D eigenvalue weighted by Gasteiger charge is -2.45. The third-order valence-corrected chi connectivity index (χ3v) is 5.13. The Bertz CT molecular complexity index is 424. The Balaban J connectivity index is 2.17.